The second kappa shape index (κ2) is 23.7. The standard InChI is InChI=1S/C98H58N6O2/c1-3-17-61(18-4-1)93-99-95(71-39-31-57-15-7-8-21-63(57)53-71)103-98(101-93)84-28-14-30-86-92(84)82-50-45-70(56-88(82)106-86)74-24-12-26-80-78(74)48-42-60-41-47-77-73(23-11-25-79(77)90(60)80)68-38-35-65-54-72(40-36-64(65)51-68)96-100-94(62-19-5-2-6-20-62)102-97(104-96)83-27-13-29-85-91(83)81-49-44-67(55-87(81)105-85)66-43-46-76-69(52-66)37-34-59-33-32-58-16-9-10-22-75(58)89(59)76/h1-56,96H,(H,100,102,104). The van der Waals surface area contributed by atoms with Crippen molar-refractivity contribution in [2.24, 2.45) is 9.98 Å². The molecule has 1 unspecified atom stereocenters. The van der Waals surface area contributed by atoms with Gasteiger partial charge in [-0.1, -0.05) is 279 Å². The fourth-order valence-corrected chi connectivity index (χ4v) is 16.6. The van der Waals surface area contributed by atoms with Crippen molar-refractivity contribution in [1.29, 1.82) is 0 Å². The van der Waals surface area contributed by atoms with Crippen molar-refractivity contribution >= 4 is 142 Å². The van der Waals surface area contributed by atoms with Gasteiger partial charge >= 0.3 is 0 Å². The molecule has 18 aromatic carbocycles. The molecule has 21 aromatic rings. The molecular formula is C98H58N6O2. The van der Waals surface area contributed by atoms with Crippen LogP contribution < -0.4 is 5.32 Å². The smallest absolute Gasteiger partial charge is 0.164 e. The highest BCUT2D eigenvalue weighted by Gasteiger charge is 2.26. The molecule has 1 N–H and O–H groups in total. The number of hydrogen-bond donors (Lipinski definition) is 1. The summed E-state index contributed by atoms with van der Waals surface area (Å²) in [6.45, 7) is 0. The minimum Gasteiger partial charge on any atom is -0.456 e. The molecule has 22 rings (SSSR count). The van der Waals surface area contributed by atoms with Gasteiger partial charge in [0.1, 0.15) is 34.3 Å². The summed E-state index contributed by atoms with van der Waals surface area (Å²) in [6, 6.07) is 121. The zero-order chi connectivity index (χ0) is 69.5. The van der Waals surface area contributed by atoms with E-state index in [1.165, 1.54) is 70.2 Å². The summed E-state index contributed by atoms with van der Waals surface area (Å²) >= 11 is 0. The molecule has 3 aromatic heterocycles. The molecular weight excluding hydrogens is 1290 g/mol. The average Bonchev–Trinajstić information content (AvgIpc) is 1.32. The van der Waals surface area contributed by atoms with Crippen LogP contribution in [0.4, 0.5) is 0 Å². The minimum absolute atomic E-state index is 0.432. The molecule has 1 aliphatic heterocycles. The van der Waals surface area contributed by atoms with E-state index in [9.17, 15) is 0 Å². The van der Waals surface area contributed by atoms with Crippen LogP contribution in [0.2, 0.25) is 0 Å². The number of amidine groups is 2. The number of hydrogen-bond acceptors (Lipinski definition) is 8. The highest BCUT2D eigenvalue weighted by Crippen LogP contribution is 2.45. The molecule has 0 saturated heterocycles. The van der Waals surface area contributed by atoms with Crippen molar-refractivity contribution in [2.75, 3.05) is 0 Å². The van der Waals surface area contributed by atoms with Crippen molar-refractivity contribution in [3.63, 3.8) is 0 Å². The lowest BCUT2D eigenvalue weighted by atomic mass is 9.89. The van der Waals surface area contributed by atoms with Gasteiger partial charge in [0.2, 0.25) is 0 Å². The van der Waals surface area contributed by atoms with E-state index in [2.05, 4.69) is 284 Å². The first-order chi connectivity index (χ1) is 52.5. The Labute approximate surface area is 607 Å². The number of fused-ring (bicyclic) bond motifs is 18. The van der Waals surface area contributed by atoms with Gasteiger partial charge in [0, 0.05) is 49.4 Å². The third-order valence-electron chi connectivity index (χ3n) is 21.7. The van der Waals surface area contributed by atoms with Gasteiger partial charge in [-0.2, -0.15) is 0 Å². The molecule has 8 nitrogen and oxygen atoms in total. The van der Waals surface area contributed by atoms with Crippen LogP contribution in [0.5, 0.6) is 0 Å². The summed E-state index contributed by atoms with van der Waals surface area (Å²) in [5, 5.41) is 27.0. The molecule has 1 aliphatic rings. The van der Waals surface area contributed by atoms with Crippen molar-refractivity contribution in [3.8, 4) is 67.5 Å². The Hall–Kier alpha value is -14.2. The van der Waals surface area contributed by atoms with Gasteiger partial charge in [-0.15, -0.1) is 0 Å². The number of nitrogens with zero attached hydrogens (tertiary/aromatic N) is 5. The van der Waals surface area contributed by atoms with E-state index >= 15 is 0 Å². The van der Waals surface area contributed by atoms with Crippen LogP contribution in [0.1, 0.15) is 22.9 Å². The Morgan fingerprint density at radius 3 is 1.42 bits per heavy atom. The molecule has 0 bridgehead atoms. The summed E-state index contributed by atoms with van der Waals surface area (Å²) in [7, 11) is 0. The van der Waals surface area contributed by atoms with E-state index in [0.717, 1.165) is 132 Å². The summed E-state index contributed by atoms with van der Waals surface area (Å²) < 4.78 is 13.6. The third-order valence-corrected chi connectivity index (χ3v) is 21.7. The molecule has 106 heavy (non-hydrogen) atoms. The average molecular weight is 1350 g/mol. The molecule has 0 fully saturated rings. The number of aliphatic imine (C=N–C) groups is 2. The Kier molecular flexibility index (Phi) is 13.3. The van der Waals surface area contributed by atoms with Crippen molar-refractivity contribution in [2.45, 2.75) is 6.17 Å². The Bertz CT molecular complexity index is 7380. The summed E-state index contributed by atoms with van der Waals surface area (Å²) in [6.07, 6.45) is -0.432. The molecule has 0 spiro atoms. The molecule has 4 heterocycles. The maximum absolute atomic E-state index is 6.81. The number of rotatable bonds is 9. The largest absolute Gasteiger partial charge is 0.456 e. The van der Waals surface area contributed by atoms with Gasteiger partial charge in [0.15, 0.2) is 23.3 Å². The first kappa shape index (κ1) is 59.5. The molecule has 0 amide bonds. The zero-order valence-corrected chi connectivity index (χ0v) is 57.0. The first-order valence-electron chi connectivity index (χ1n) is 35.9. The lowest BCUT2D eigenvalue weighted by molar-refractivity contribution is 0.668. The van der Waals surface area contributed by atoms with Gasteiger partial charge in [-0.3, -0.25) is 0 Å². The zero-order valence-electron chi connectivity index (χ0n) is 57.0. The lowest BCUT2D eigenvalue weighted by Gasteiger charge is -2.24. The van der Waals surface area contributed by atoms with E-state index in [0.29, 0.717) is 23.3 Å². The molecule has 0 saturated carbocycles. The topological polar surface area (TPSA) is 102 Å². The normalized spacial score (nSPS) is 13.4. The van der Waals surface area contributed by atoms with Crippen LogP contribution in [0, 0.1) is 0 Å². The van der Waals surface area contributed by atoms with Crippen molar-refractivity contribution < 1.29 is 8.83 Å². The second-order valence-corrected chi connectivity index (χ2v) is 27.8. The van der Waals surface area contributed by atoms with Gasteiger partial charge < -0.3 is 14.2 Å². The molecule has 492 valence electrons. The first-order valence-corrected chi connectivity index (χ1v) is 35.9. The Morgan fingerprint density at radius 1 is 0.236 bits per heavy atom. The quantitative estimate of drug-likeness (QED) is 0.145. The monoisotopic (exact) mass is 1350 g/mol. The van der Waals surface area contributed by atoms with Crippen LogP contribution in [0.3, 0.4) is 0 Å². The highest BCUT2D eigenvalue weighted by atomic mass is 16.3. The van der Waals surface area contributed by atoms with Crippen LogP contribution in [-0.2, 0) is 0 Å². The van der Waals surface area contributed by atoms with E-state index < -0.39 is 6.17 Å². The molecule has 0 aliphatic carbocycles. The van der Waals surface area contributed by atoms with Gasteiger partial charge in [-0.25, -0.2) is 24.9 Å². The fourth-order valence-electron chi connectivity index (χ4n) is 16.6. The van der Waals surface area contributed by atoms with Crippen LogP contribution in [0.25, 0.3) is 198 Å². The Balaban J connectivity index is 0.580. The predicted octanol–water partition coefficient (Wildman–Crippen LogP) is 25.4. The van der Waals surface area contributed by atoms with Gasteiger partial charge in [0.05, 0.1) is 0 Å². The van der Waals surface area contributed by atoms with Crippen LogP contribution in [-0.4, -0.2) is 26.6 Å². The van der Waals surface area contributed by atoms with Gasteiger partial charge in [-0.05, 0) is 186 Å². The summed E-state index contributed by atoms with van der Waals surface area (Å²) in [5.41, 5.74) is 15.5. The molecule has 0 radical (unpaired) electrons. The van der Waals surface area contributed by atoms with E-state index in [1.54, 1.807) is 0 Å². The maximum Gasteiger partial charge on any atom is 0.164 e. The van der Waals surface area contributed by atoms with Crippen LogP contribution in [0.15, 0.2) is 359 Å². The van der Waals surface area contributed by atoms with Crippen molar-refractivity contribution in [1.82, 2.24) is 20.3 Å². The SMILES string of the molecule is c1ccc(C2=NC(c3ccc4cc(-c5cccc6c5ccc5ccc7c(-c8ccc9c(c8)oc8cccc(-c%10nc(-c%11ccccc%11)nc(-c%11ccc%12ccccc%12c%11)n%10)c89)cccc7c56)ccc4c3)NC(c3cccc4oc5cc(-c6ccc7c(ccc8ccc9ccccc9c87)c6)ccc5c34)=N2)cc1. The number of nitrogens with one attached hydrogen (secondary N) is 1. The molecule has 1 atom stereocenters. The third kappa shape index (κ3) is 9.73. The maximum atomic E-state index is 6.81. The number of benzene rings is 18. The minimum atomic E-state index is -0.432. The van der Waals surface area contributed by atoms with Crippen LogP contribution >= 0.6 is 0 Å². The van der Waals surface area contributed by atoms with E-state index in [1.807, 2.05) is 60.7 Å². The second-order valence-electron chi connectivity index (χ2n) is 27.8. The van der Waals surface area contributed by atoms with Crippen molar-refractivity contribution in [3.05, 3.63) is 356 Å². The van der Waals surface area contributed by atoms with Gasteiger partial charge in [0.25, 0.3) is 0 Å². The summed E-state index contributed by atoms with van der Waals surface area (Å²) in [4.78, 5) is 26.1. The number of furan rings is 2. The predicted molar refractivity (Wildman–Crippen MR) is 439 cm³/mol. The van der Waals surface area contributed by atoms with E-state index in [4.69, 9.17) is 33.8 Å². The lowest BCUT2D eigenvalue weighted by Crippen LogP contribution is -2.33. The summed E-state index contributed by atoms with van der Waals surface area (Å²) in [5.74, 6) is 3.19. The highest BCUT2D eigenvalue weighted by molar-refractivity contribution is 6.26. The molecule has 8 heteroatoms. The Morgan fingerprint density at radius 2 is 0.679 bits per heavy atom. The number of aromatic nitrogens is 3. The van der Waals surface area contributed by atoms with E-state index in [-0.39, 0.29) is 0 Å². The fraction of sp³-hybridized carbons (Fsp3) is 0.0102.